The summed E-state index contributed by atoms with van der Waals surface area (Å²) in [5, 5.41) is 3.94. The van der Waals surface area contributed by atoms with Crippen LogP contribution in [0.15, 0.2) is 76.8 Å². The Bertz CT molecular complexity index is 1820. The predicted octanol–water partition coefficient (Wildman–Crippen LogP) is 5.44. The van der Waals surface area contributed by atoms with Crippen LogP contribution in [-0.2, 0) is 29.1 Å². The van der Waals surface area contributed by atoms with Crippen molar-refractivity contribution in [2.75, 3.05) is 18.5 Å². The van der Waals surface area contributed by atoms with Gasteiger partial charge in [-0.15, -0.1) is 0 Å². The molecule has 0 aliphatic heterocycles. The van der Waals surface area contributed by atoms with Gasteiger partial charge in [0.05, 0.1) is 28.7 Å². The second-order valence-corrected chi connectivity index (χ2v) is 14.3. The van der Waals surface area contributed by atoms with Crippen LogP contribution in [0.25, 0.3) is 11.0 Å². The van der Waals surface area contributed by atoms with Crippen molar-refractivity contribution in [1.82, 2.24) is 8.96 Å². The molecule has 0 spiro atoms. The van der Waals surface area contributed by atoms with Crippen molar-refractivity contribution in [3.8, 4) is 0 Å². The third-order valence-electron chi connectivity index (χ3n) is 7.72. The van der Waals surface area contributed by atoms with Gasteiger partial charge in [0.15, 0.2) is 5.65 Å². The van der Waals surface area contributed by atoms with Crippen LogP contribution in [0.1, 0.15) is 54.1 Å². The van der Waals surface area contributed by atoms with Crippen LogP contribution in [0.5, 0.6) is 0 Å². The Morgan fingerprint density at radius 3 is 2.12 bits per heavy atom. The lowest BCUT2D eigenvalue weighted by atomic mass is 9.86. The summed E-state index contributed by atoms with van der Waals surface area (Å²) in [7, 11) is -7.77. The lowest BCUT2D eigenvalue weighted by Crippen LogP contribution is -2.29. The average Bonchev–Trinajstić information content (AvgIpc) is 3.43. The van der Waals surface area contributed by atoms with Crippen molar-refractivity contribution in [1.29, 1.82) is 0 Å². The number of hydrogen-bond acceptors (Lipinski definition) is 9. The second-order valence-electron chi connectivity index (χ2n) is 10.8. The van der Waals surface area contributed by atoms with Crippen LogP contribution in [0.2, 0.25) is 0 Å². The molecule has 10 nitrogen and oxygen atoms in total. The second kappa shape index (κ2) is 12.5. The number of anilines is 1. The number of carbonyl (C=O) groups is 1. The van der Waals surface area contributed by atoms with E-state index in [9.17, 15) is 21.6 Å². The molecule has 1 aliphatic carbocycles. The molecule has 0 unspecified atom stereocenters. The number of carbonyl (C=O) groups excluding carboxylic acids is 1. The quantitative estimate of drug-likeness (QED) is 0.181. The van der Waals surface area contributed by atoms with Gasteiger partial charge in [-0.1, -0.05) is 35.4 Å². The number of nitrogens with zero attached hydrogens (tertiary/aromatic N) is 2. The Labute approximate surface area is 252 Å². The van der Waals surface area contributed by atoms with E-state index in [2.05, 4.69) is 10.3 Å². The zero-order chi connectivity index (χ0) is 30.8. The van der Waals surface area contributed by atoms with Crippen LogP contribution in [0.4, 0.5) is 5.69 Å². The van der Waals surface area contributed by atoms with E-state index < -0.39 is 26.1 Å². The molecule has 1 saturated carbocycles. The van der Waals surface area contributed by atoms with Crippen molar-refractivity contribution in [2.45, 2.75) is 62.3 Å². The molecule has 4 aromatic rings. The number of pyridine rings is 1. The topological polar surface area (TPSA) is 134 Å². The molecule has 0 atom stereocenters. The van der Waals surface area contributed by atoms with E-state index in [1.165, 1.54) is 12.4 Å². The first-order valence-electron chi connectivity index (χ1n) is 14.2. The number of hydrogen-bond donors (Lipinski definition) is 1. The average molecular weight is 626 g/mol. The van der Waals surface area contributed by atoms with Crippen LogP contribution in [0, 0.1) is 19.8 Å². The van der Waals surface area contributed by atoms with Gasteiger partial charge in [0.2, 0.25) is 0 Å². The lowest BCUT2D eigenvalue weighted by molar-refractivity contribution is 0.0527. The molecule has 1 N–H and O–H groups in total. The standard InChI is InChI=1S/C31H35N3O7S2/c1-4-40-31(35)28-19-32-30-27(17-18-34(30)42(36,37)25-13-5-21(2)6-14-25)29(28)33-24-11-9-23(10-12-24)20-41-43(38,39)26-15-7-22(3)8-16-26/h5-8,13-19,23-24H,4,9-12,20H2,1-3H3,(H,32,33)/t23-,24-. The van der Waals surface area contributed by atoms with Crippen LogP contribution in [0.3, 0.4) is 0 Å². The molecular formula is C31H35N3O7S2. The molecule has 43 heavy (non-hydrogen) atoms. The van der Waals surface area contributed by atoms with Crippen molar-refractivity contribution in [3.05, 3.63) is 83.7 Å². The Kier molecular flexibility index (Phi) is 8.91. The summed E-state index contributed by atoms with van der Waals surface area (Å²) < 4.78 is 64.0. The van der Waals surface area contributed by atoms with Crippen LogP contribution in [-0.4, -0.2) is 51.0 Å². The molecule has 0 amide bonds. The van der Waals surface area contributed by atoms with Gasteiger partial charge in [0, 0.05) is 23.8 Å². The zero-order valence-electron chi connectivity index (χ0n) is 24.3. The number of rotatable bonds is 10. The number of benzene rings is 2. The maximum atomic E-state index is 13.5. The lowest BCUT2D eigenvalue weighted by Gasteiger charge is -2.30. The van der Waals surface area contributed by atoms with E-state index in [-0.39, 0.29) is 46.2 Å². The molecule has 2 aromatic carbocycles. The highest BCUT2D eigenvalue weighted by Crippen LogP contribution is 2.34. The van der Waals surface area contributed by atoms with E-state index in [1.54, 1.807) is 61.5 Å². The SMILES string of the molecule is CCOC(=O)c1cnc2c(ccn2S(=O)(=O)c2ccc(C)cc2)c1N[C@H]1CC[C@H](COS(=O)(=O)c2ccc(C)cc2)CC1. The van der Waals surface area contributed by atoms with Gasteiger partial charge in [-0.3, -0.25) is 4.18 Å². The molecule has 1 fully saturated rings. The number of nitrogens with one attached hydrogen (secondary N) is 1. The highest BCUT2D eigenvalue weighted by Gasteiger charge is 2.28. The van der Waals surface area contributed by atoms with Gasteiger partial charge in [-0.2, -0.15) is 8.42 Å². The number of esters is 1. The Morgan fingerprint density at radius 2 is 1.51 bits per heavy atom. The molecule has 5 rings (SSSR count). The van der Waals surface area contributed by atoms with Crippen molar-refractivity contribution in [3.63, 3.8) is 0 Å². The first-order valence-corrected chi connectivity index (χ1v) is 17.1. The number of ether oxygens (including phenoxy) is 1. The van der Waals surface area contributed by atoms with E-state index in [4.69, 9.17) is 8.92 Å². The zero-order valence-corrected chi connectivity index (χ0v) is 25.9. The molecule has 0 bridgehead atoms. The highest BCUT2D eigenvalue weighted by molar-refractivity contribution is 7.90. The largest absolute Gasteiger partial charge is 0.462 e. The van der Waals surface area contributed by atoms with Gasteiger partial charge in [-0.05, 0) is 82.7 Å². The van der Waals surface area contributed by atoms with E-state index in [0.29, 0.717) is 36.8 Å². The van der Waals surface area contributed by atoms with Gasteiger partial charge >= 0.3 is 5.97 Å². The summed E-state index contributed by atoms with van der Waals surface area (Å²) >= 11 is 0. The van der Waals surface area contributed by atoms with Crippen molar-refractivity contribution < 1.29 is 30.6 Å². The van der Waals surface area contributed by atoms with E-state index in [0.717, 1.165) is 15.1 Å². The Morgan fingerprint density at radius 1 is 0.907 bits per heavy atom. The highest BCUT2D eigenvalue weighted by atomic mass is 32.2. The first kappa shape index (κ1) is 30.7. The van der Waals surface area contributed by atoms with Gasteiger partial charge < -0.3 is 10.1 Å². The van der Waals surface area contributed by atoms with Gasteiger partial charge in [-0.25, -0.2) is 22.2 Å². The normalized spacial score (nSPS) is 17.6. The maximum absolute atomic E-state index is 13.5. The minimum atomic E-state index is -3.93. The molecule has 2 heterocycles. The molecule has 0 radical (unpaired) electrons. The number of aromatic nitrogens is 2. The molecular weight excluding hydrogens is 590 g/mol. The first-order chi connectivity index (χ1) is 20.5. The number of fused-ring (bicyclic) bond motifs is 1. The summed E-state index contributed by atoms with van der Waals surface area (Å²) in [5.74, 6) is -0.502. The van der Waals surface area contributed by atoms with Gasteiger partial charge in [0.25, 0.3) is 20.1 Å². The third-order valence-corrected chi connectivity index (χ3v) is 10.7. The predicted molar refractivity (Wildman–Crippen MR) is 163 cm³/mol. The summed E-state index contributed by atoms with van der Waals surface area (Å²) in [4.78, 5) is 17.5. The summed E-state index contributed by atoms with van der Waals surface area (Å²) in [6, 6.07) is 14.7. The minimum Gasteiger partial charge on any atom is -0.462 e. The molecule has 1 aliphatic rings. The van der Waals surface area contributed by atoms with Gasteiger partial charge in [0.1, 0.15) is 5.56 Å². The smallest absolute Gasteiger partial charge is 0.341 e. The maximum Gasteiger partial charge on any atom is 0.341 e. The summed E-state index contributed by atoms with van der Waals surface area (Å²) in [6.45, 7) is 5.75. The molecule has 228 valence electrons. The fraction of sp³-hybridized carbons (Fsp3) is 0.355. The summed E-state index contributed by atoms with van der Waals surface area (Å²) in [5.41, 5.74) is 2.78. The fourth-order valence-corrected chi connectivity index (χ4v) is 7.51. The van der Waals surface area contributed by atoms with E-state index >= 15 is 0 Å². The molecule has 12 heteroatoms. The fourth-order valence-electron chi connectivity index (χ4n) is 5.24. The summed E-state index contributed by atoms with van der Waals surface area (Å²) in [6.07, 6.45) is 5.62. The van der Waals surface area contributed by atoms with Crippen LogP contribution < -0.4 is 5.32 Å². The Hall–Kier alpha value is -3.74. The molecule has 2 aromatic heterocycles. The third kappa shape index (κ3) is 6.61. The van der Waals surface area contributed by atoms with Crippen LogP contribution >= 0.6 is 0 Å². The van der Waals surface area contributed by atoms with E-state index in [1.807, 2.05) is 13.8 Å². The van der Waals surface area contributed by atoms with Crippen molar-refractivity contribution in [2.24, 2.45) is 5.92 Å². The monoisotopic (exact) mass is 625 g/mol. The number of aryl methyl sites for hydroxylation is 2. The van der Waals surface area contributed by atoms with Crippen molar-refractivity contribution >= 4 is 42.8 Å². The minimum absolute atomic E-state index is 0.0409. The Balaban J connectivity index is 1.34. The molecule has 0 saturated heterocycles.